The van der Waals surface area contributed by atoms with E-state index < -0.39 is 9.84 Å². The fourth-order valence-electron chi connectivity index (χ4n) is 3.52. The van der Waals surface area contributed by atoms with Gasteiger partial charge >= 0.3 is 0 Å². The standard InChI is InChI=1S/C17H24N2O4S/c1-24(21,22)16-6-4-15(5-7-16)23-9-8-17(20)19-14-10-12-2-3-13(11-14)18-12/h4-7,12-14,18H,2-3,8-11H2,1H3,(H,19,20). The summed E-state index contributed by atoms with van der Waals surface area (Å²) in [5, 5.41) is 6.65. The Morgan fingerprint density at radius 2 is 1.83 bits per heavy atom. The number of benzene rings is 1. The number of carbonyl (C=O) groups excluding carboxylic acids is 1. The highest BCUT2D eigenvalue weighted by atomic mass is 32.2. The molecule has 1 aromatic rings. The number of nitrogens with one attached hydrogen (secondary N) is 2. The molecule has 2 unspecified atom stereocenters. The van der Waals surface area contributed by atoms with E-state index in [2.05, 4.69) is 10.6 Å². The van der Waals surface area contributed by atoms with Crippen molar-refractivity contribution >= 4 is 15.7 Å². The molecule has 6 nitrogen and oxygen atoms in total. The van der Waals surface area contributed by atoms with Crippen molar-refractivity contribution in [3.05, 3.63) is 24.3 Å². The Balaban J connectivity index is 1.40. The number of sulfone groups is 1. The Hall–Kier alpha value is -1.60. The number of hydrogen-bond acceptors (Lipinski definition) is 5. The summed E-state index contributed by atoms with van der Waals surface area (Å²) < 4.78 is 28.3. The van der Waals surface area contributed by atoms with Gasteiger partial charge in [0.1, 0.15) is 5.75 Å². The van der Waals surface area contributed by atoms with Gasteiger partial charge in [0.05, 0.1) is 17.9 Å². The third-order valence-corrected chi connectivity index (χ3v) is 5.82. The lowest BCUT2D eigenvalue weighted by Crippen LogP contribution is -2.48. The van der Waals surface area contributed by atoms with Gasteiger partial charge in [-0.2, -0.15) is 0 Å². The van der Waals surface area contributed by atoms with E-state index in [-0.39, 0.29) is 23.5 Å². The van der Waals surface area contributed by atoms with Gasteiger partial charge in [-0.25, -0.2) is 8.42 Å². The average Bonchev–Trinajstić information content (AvgIpc) is 2.86. The second-order valence-electron chi connectivity index (χ2n) is 6.72. The molecule has 2 atom stereocenters. The maximum atomic E-state index is 12.0. The first-order valence-corrected chi connectivity index (χ1v) is 10.3. The normalized spacial score (nSPS) is 26.1. The van der Waals surface area contributed by atoms with Crippen LogP contribution in [-0.4, -0.2) is 45.3 Å². The van der Waals surface area contributed by atoms with Crippen molar-refractivity contribution in [2.75, 3.05) is 12.9 Å². The predicted molar refractivity (Wildman–Crippen MR) is 90.8 cm³/mol. The number of piperidine rings is 1. The number of fused-ring (bicyclic) bond motifs is 2. The fraction of sp³-hybridized carbons (Fsp3) is 0.588. The Kier molecular flexibility index (Phi) is 5.10. The van der Waals surface area contributed by atoms with Crippen LogP contribution in [0.4, 0.5) is 0 Å². The summed E-state index contributed by atoms with van der Waals surface area (Å²) in [6.07, 6.45) is 5.91. The Morgan fingerprint density at radius 1 is 1.21 bits per heavy atom. The quantitative estimate of drug-likeness (QED) is 0.805. The molecular weight excluding hydrogens is 328 g/mol. The van der Waals surface area contributed by atoms with Crippen LogP contribution in [0.1, 0.15) is 32.1 Å². The topological polar surface area (TPSA) is 84.5 Å². The first-order chi connectivity index (χ1) is 11.4. The van der Waals surface area contributed by atoms with Crippen LogP contribution in [0.15, 0.2) is 29.2 Å². The molecule has 2 N–H and O–H groups in total. The molecule has 0 radical (unpaired) electrons. The van der Waals surface area contributed by atoms with Crippen molar-refractivity contribution in [1.82, 2.24) is 10.6 Å². The summed E-state index contributed by atoms with van der Waals surface area (Å²) in [5.41, 5.74) is 0. The molecule has 2 heterocycles. The van der Waals surface area contributed by atoms with E-state index >= 15 is 0 Å². The molecule has 0 aliphatic carbocycles. The van der Waals surface area contributed by atoms with E-state index in [1.165, 1.54) is 31.2 Å². The lowest BCUT2D eigenvalue weighted by atomic mass is 10.00. The van der Waals surface area contributed by atoms with E-state index in [0.29, 0.717) is 24.3 Å². The predicted octanol–water partition coefficient (Wildman–Crippen LogP) is 1.26. The minimum absolute atomic E-state index is 0.00839. The number of amides is 1. The molecule has 2 aliphatic rings. The zero-order valence-electron chi connectivity index (χ0n) is 13.8. The number of ether oxygens (including phenoxy) is 1. The zero-order chi connectivity index (χ0) is 17.2. The largest absolute Gasteiger partial charge is 0.493 e. The van der Waals surface area contributed by atoms with E-state index in [1.807, 2.05) is 0 Å². The molecule has 2 saturated heterocycles. The molecule has 0 aromatic heterocycles. The van der Waals surface area contributed by atoms with Crippen molar-refractivity contribution in [1.29, 1.82) is 0 Å². The molecule has 7 heteroatoms. The summed E-state index contributed by atoms with van der Waals surface area (Å²) in [6, 6.07) is 7.62. The van der Waals surface area contributed by atoms with Crippen LogP contribution in [0.25, 0.3) is 0 Å². The van der Waals surface area contributed by atoms with Crippen LogP contribution >= 0.6 is 0 Å². The van der Waals surface area contributed by atoms with Crippen molar-refractivity contribution in [2.24, 2.45) is 0 Å². The van der Waals surface area contributed by atoms with E-state index in [4.69, 9.17) is 4.74 Å². The molecule has 2 bridgehead atoms. The smallest absolute Gasteiger partial charge is 0.223 e. The van der Waals surface area contributed by atoms with Gasteiger partial charge in [-0.3, -0.25) is 4.79 Å². The highest BCUT2D eigenvalue weighted by Crippen LogP contribution is 2.26. The molecule has 1 aromatic carbocycles. The molecule has 132 valence electrons. The summed E-state index contributed by atoms with van der Waals surface area (Å²) in [6.45, 7) is 0.280. The summed E-state index contributed by atoms with van der Waals surface area (Å²) in [4.78, 5) is 12.3. The summed E-state index contributed by atoms with van der Waals surface area (Å²) in [7, 11) is -3.20. The van der Waals surface area contributed by atoms with Gasteiger partial charge in [0.2, 0.25) is 5.91 Å². The minimum atomic E-state index is -3.20. The van der Waals surface area contributed by atoms with E-state index in [1.54, 1.807) is 12.1 Å². The minimum Gasteiger partial charge on any atom is -0.493 e. The van der Waals surface area contributed by atoms with Crippen LogP contribution < -0.4 is 15.4 Å². The third-order valence-electron chi connectivity index (χ3n) is 4.69. The first-order valence-electron chi connectivity index (χ1n) is 8.38. The molecule has 2 aliphatic heterocycles. The number of carbonyl (C=O) groups is 1. The molecule has 0 saturated carbocycles. The van der Waals surface area contributed by atoms with Gasteiger partial charge in [-0.1, -0.05) is 0 Å². The van der Waals surface area contributed by atoms with Crippen molar-refractivity contribution in [3.8, 4) is 5.75 Å². The maximum Gasteiger partial charge on any atom is 0.223 e. The summed E-state index contributed by atoms with van der Waals surface area (Å²) in [5.74, 6) is 0.573. The molecule has 2 fully saturated rings. The molecule has 3 rings (SSSR count). The molecule has 1 amide bonds. The Morgan fingerprint density at radius 3 is 2.42 bits per heavy atom. The maximum absolute atomic E-state index is 12.0. The van der Waals surface area contributed by atoms with E-state index in [9.17, 15) is 13.2 Å². The van der Waals surface area contributed by atoms with Gasteiger partial charge in [0, 0.05) is 24.4 Å². The van der Waals surface area contributed by atoms with Crippen molar-refractivity contribution < 1.29 is 17.9 Å². The van der Waals surface area contributed by atoms with Gasteiger partial charge in [0.25, 0.3) is 0 Å². The van der Waals surface area contributed by atoms with Crippen molar-refractivity contribution in [3.63, 3.8) is 0 Å². The van der Waals surface area contributed by atoms with Gasteiger partial charge in [-0.05, 0) is 49.9 Å². The number of rotatable bonds is 6. The lowest BCUT2D eigenvalue weighted by Gasteiger charge is -2.29. The second-order valence-corrected chi connectivity index (χ2v) is 8.73. The third kappa shape index (κ3) is 4.48. The molecule has 24 heavy (non-hydrogen) atoms. The summed E-state index contributed by atoms with van der Waals surface area (Å²) >= 11 is 0. The second kappa shape index (κ2) is 7.11. The van der Waals surface area contributed by atoms with Gasteiger partial charge in [-0.15, -0.1) is 0 Å². The highest BCUT2D eigenvalue weighted by Gasteiger charge is 2.33. The van der Waals surface area contributed by atoms with Crippen LogP contribution in [0, 0.1) is 0 Å². The lowest BCUT2D eigenvalue weighted by molar-refractivity contribution is -0.122. The highest BCUT2D eigenvalue weighted by molar-refractivity contribution is 7.90. The van der Waals surface area contributed by atoms with Gasteiger partial charge in [0.15, 0.2) is 9.84 Å². The van der Waals surface area contributed by atoms with E-state index in [0.717, 1.165) is 12.8 Å². The number of hydrogen-bond donors (Lipinski definition) is 2. The SMILES string of the molecule is CS(=O)(=O)c1ccc(OCCC(=O)NC2CC3CCC(C2)N3)cc1. The molecule has 0 spiro atoms. The zero-order valence-corrected chi connectivity index (χ0v) is 14.6. The van der Waals surface area contributed by atoms with Crippen LogP contribution in [0.5, 0.6) is 5.75 Å². The molecular formula is C17H24N2O4S. The monoisotopic (exact) mass is 352 g/mol. The van der Waals surface area contributed by atoms with Crippen LogP contribution in [-0.2, 0) is 14.6 Å². The Labute approximate surface area is 142 Å². The van der Waals surface area contributed by atoms with Crippen LogP contribution in [0.3, 0.4) is 0 Å². The first kappa shape index (κ1) is 17.2. The van der Waals surface area contributed by atoms with Crippen molar-refractivity contribution in [2.45, 2.75) is 55.1 Å². The average molecular weight is 352 g/mol. The van der Waals surface area contributed by atoms with Gasteiger partial charge < -0.3 is 15.4 Å². The fourth-order valence-corrected chi connectivity index (χ4v) is 4.15. The van der Waals surface area contributed by atoms with Crippen LogP contribution in [0.2, 0.25) is 0 Å². The Bertz CT molecular complexity index is 675.